The summed E-state index contributed by atoms with van der Waals surface area (Å²) in [7, 11) is 0. The molecule has 3 heteroatoms. The van der Waals surface area contributed by atoms with Gasteiger partial charge in [0, 0.05) is 18.3 Å². The molecule has 0 radical (unpaired) electrons. The first-order valence-corrected chi connectivity index (χ1v) is 7.25. The minimum absolute atomic E-state index is 0.343. The van der Waals surface area contributed by atoms with Gasteiger partial charge in [0.25, 0.3) is 0 Å². The van der Waals surface area contributed by atoms with Gasteiger partial charge in [0.1, 0.15) is 5.75 Å². The van der Waals surface area contributed by atoms with Crippen molar-refractivity contribution in [1.82, 2.24) is 0 Å². The molecule has 0 bridgehead atoms. The van der Waals surface area contributed by atoms with Crippen LogP contribution in [0.25, 0.3) is 0 Å². The molecule has 1 heterocycles. The number of nitrogens with one attached hydrogen (secondary N) is 1. The molecule has 2 unspecified atom stereocenters. The van der Waals surface area contributed by atoms with E-state index in [-0.39, 0.29) is 0 Å². The lowest BCUT2D eigenvalue weighted by molar-refractivity contribution is 0.0637. The topological polar surface area (TPSA) is 30.5 Å². The molecule has 1 fully saturated rings. The highest BCUT2D eigenvalue weighted by atomic mass is 16.5. The fraction of sp³-hybridized carbons (Fsp3) is 0.625. The molecule has 0 aliphatic carbocycles. The smallest absolute Gasteiger partial charge is 0.121 e. The number of hydrogen-bond acceptors (Lipinski definition) is 3. The summed E-state index contributed by atoms with van der Waals surface area (Å²) in [6.07, 6.45) is 3.07. The standard InChI is InChI=1S/C16H25NO2/c1-12(2)11-18-15-6-4-5-14(9-15)17-10-16-8-7-13(3)19-16/h4-6,9,12-13,16-17H,7-8,10-11H2,1-3H3. The molecule has 0 saturated carbocycles. The second-order valence-electron chi connectivity index (χ2n) is 5.76. The summed E-state index contributed by atoms with van der Waals surface area (Å²) < 4.78 is 11.5. The maximum Gasteiger partial charge on any atom is 0.121 e. The summed E-state index contributed by atoms with van der Waals surface area (Å²) in [6.45, 7) is 8.08. The minimum atomic E-state index is 0.343. The van der Waals surface area contributed by atoms with Crippen LogP contribution in [0.3, 0.4) is 0 Å². The Morgan fingerprint density at radius 2 is 2.21 bits per heavy atom. The predicted molar refractivity (Wildman–Crippen MR) is 78.8 cm³/mol. The van der Waals surface area contributed by atoms with Gasteiger partial charge in [-0.15, -0.1) is 0 Å². The minimum Gasteiger partial charge on any atom is -0.493 e. The first kappa shape index (κ1) is 14.2. The molecule has 1 aliphatic heterocycles. The molecule has 0 amide bonds. The fourth-order valence-corrected chi connectivity index (χ4v) is 2.23. The van der Waals surface area contributed by atoms with Gasteiger partial charge >= 0.3 is 0 Å². The van der Waals surface area contributed by atoms with Crippen LogP contribution in [0.5, 0.6) is 5.75 Å². The Hall–Kier alpha value is -1.22. The van der Waals surface area contributed by atoms with E-state index in [1.54, 1.807) is 0 Å². The van der Waals surface area contributed by atoms with E-state index in [9.17, 15) is 0 Å². The van der Waals surface area contributed by atoms with E-state index in [2.05, 4.69) is 38.2 Å². The first-order chi connectivity index (χ1) is 9.13. The maximum absolute atomic E-state index is 5.80. The van der Waals surface area contributed by atoms with Gasteiger partial charge in [-0.25, -0.2) is 0 Å². The van der Waals surface area contributed by atoms with E-state index in [0.717, 1.165) is 31.0 Å². The highest BCUT2D eigenvalue weighted by Crippen LogP contribution is 2.21. The summed E-state index contributed by atoms with van der Waals surface area (Å²) in [6, 6.07) is 8.15. The summed E-state index contributed by atoms with van der Waals surface area (Å²) >= 11 is 0. The SMILES string of the molecule is CC(C)COc1cccc(NCC2CCC(C)O2)c1. The lowest BCUT2D eigenvalue weighted by Gasteiger charge is -2.14. The molecule has 1 aromatic rings. The van der Waals surface area contributed by atoms with Crippen molar-refractivity contribution in [3.8, 4) is 5.75 Å². The highest BCUT2D eigenvalue weighted by Gasteiger charge is 2.21. The van der Waals surface area contributed by atoms with Gasteiger partial charge in [0.05, 0.1) is 18.8 Å². The quantitative estimate of drug-likeness (QED) is 0.849. The van der Waals surface area contributed by atoms with Crippen molar-refractivity contribution in [1.29, 1.82) is 0 Å². The van der Waals surface area contributed by atoms with Crippen molar-refractivity contribution < 1.29 is 9.47 Å². The van der Waals surface area contributed by atoms with E-state index in [0.29, 0.717) is 18.1 Å². The van der Waals surface area contributed by atoms with Gasteiger partial charge in [-0.3, -0.25) is 0 Å². The van der Waals surface area contributed by atoms with Crippen LogP contribution in [0.2, 0.25) is 0 Å². The van der Waals surface area contributed by atoms with Crippen molar-refractivity contribution in [2.45, 2.75) is 45.8 Å². The van der Waals surface area contributed by atoms with Crippen LogP contribution < -0.4 is 10.1 Å². The van der Waals surface area contributed by atoms with Crippen molar-refractivity contribution in [3.63, 3.8) is 0 Å². The van der Waals surface area contributed by atoms with Crippen LogP contribution in [0.15, 0.2) is 24.3 Å². The Morgan fingerprint density at radius 3 is 2.89 bits per heavy atom. The molecule has 2 rings (SSSR count). The highest BCUT2D eigenvalue weighted by molar-refractivity contribution is 5.48. The van der Waals surface area contributed by atoms with Crippen LogP contribution in [0.4, 0.5) is 5.69 Å². The molecule has 0 spiro atoms. The molecule has 1 N–H and O–H groups in total. The summed E-state index contributed by atoms with van der Waals surface area (Å²) in [5.74, 6) is 1.48. The summed E-state index contributed by atoms with van der Waals surface area (Å²) in [5.41, 5.74) is 1.10. The summed E-state index contributed by atoms with van der Waals surface area (Å²) in [5, 5.41) is 3.43. The fourth-order valence-electron chi connectivity index (χ4n) is 2.23. The van der Waals surface area contributed by atoms with Crippen LogP contribution in [-0.2, 0) is 4.74 Å². The number of hydrogen-bond donors (Lipinski definition) is 1. The Morgan fingerprint density at radius 1 is 1.37 bits per heavy atom. The summed E-state index contributed by atoms with van der Waals surface area (Å²) in [4.78, 5) is 0. The Labute approximate surface area is 116 Å². The van der Waals surface area contributed by atoms with E-state index in [1.165, 1.54) is 6.42 Å². The number of benzene rings is 1. The van der Waals surface area contributed by atoms with Crippen molar-refractivity contribution in [2.24, 2.45) is 5.92 Å². The van der Waals surface area contributed by atoms with Gasteiger partial charge in [-0.05, 0) is 37.8 Å². The van der Waals surface area contributed by atoms with Crippen molar-refractivity contribution in [2.75, 3.05) is 18.5 Å². The van der Waals surface area contributed by atoms with E-state index >= 15 is 0 Å². The van der Waals surface area contributed by atoms with Gasteiger partial charge in [0.2, 0.25) is 0 Å². The maximum atomic E-state index is 5.80. The monoisotopic (exact) mass is 263 g/mol. The molecule has 3 nitrogen and oxygen atoms in total. The normalized spacial score (nSPS) is 22.7. The molecule has 106 valence electrons. The number of anilines is 1. The van der Waals surface area contributed by atoms with E-state index in [1.807, 2.05) is 12.1 Å². The lowest BCUT2D eigenvalue weighted by Crippen LogP contribution is -2.19. The van der Waals surface area contributed by atoms with Crippen LogP contribution in [0.1, 0.15) is 33.6 Å². The third-order valence-corrected chi connectivity index (χ3v) is 3.27. The number of rotatable bonds is 6. The van der Waals surface area contributed by atoms with Crippen molar-refractivity contribution in [3.05, 3.63) is 24.3 Å². The molecule has 1 aliphatic rings. The van der Waals surface area contributed by atoms with E-state index in [4.69, 9.17) is 9.47 Å². The zero-order chi connectivity index (χ0) is 13.7. The Kier molecular flexibility index (Phi) is 5.08. The first-order valence-electron chi connectivity index (χ1n) is 7.25. The average molecular weight is 263 g/mol. The van der Waals surface area contributed by atoms with Crippen LogP contribution >= 0.6 is 0 Å². The second-order valence-corrected chi connectivity index (χ2v) is 5.76. The molecular weight excluding hydrogens is 238 g/mol. The van der Waals surface area contributed by atoms with Gasteiger partial charge in [-0.2, -0.15) is 0 Å². The zero-order valence-electron chi connectivity index (χ0n) is 12.2. The van der Waals surface area contributed by atoms with Crippen LogP contribution in [0, 0.1) is 5.92 Å². The second kappa shape index (κ2) is 6.80. The zero-order valence-corrected chi connectivity index (χ0v) is 12.2. The van der Waals surface area contributed by atoms with E-state index < -0.39 is 0 Å². The van der Waals surface area contributed by atoms with Gasteiger partial charge in [0.15, 0.2) is 0 Å². The molecular formula is C16H25NO2. The third kappa shape index (κ3) is 4.75. The average Bonchev–Trinajstić information content (AvgIpc) is 2.80. The third-order valence-electron chi connectivity index (χ3n) is 3.27. The Bertz CT molecular complexity index is 392. The molecule has 1 saturated heterocycles. The number of ether oxygens (including phenoxy) is 2. The molecule has 2 atom stereocenters. The lowest BCUT2D eigenvalue weighted by atomic mass is 10.2. The largest absolute Gasteiger partial charge is 0.493 e. The van der Waals surface area contributed by atoms with Gasteiger partial charge in [-0.1, -0.05) is 19.9 Å². The van der Waals surface area contributed by atoms with Crippen molar-refractivity contribution >= 4 is 5.69 Å². The molecule has 0 aromatic heterocycles. The Balaban J connectivity index is 1.81. The predicted octanol–water partition coefficient (Wildman–Crippen LogP) is 3.70. The molecule has 19 heavy (non-hydrogen) atoms. The van der Waals surface area contributed by atoms with Gasteiger partial charge < -0.3 is 14.8 Å². The van der Waals surface area contributed by atoms with Crippen LogP contribution in [-0.4, -0.2) is 25.4 Å². The molecule has 1 aromatic carbocycles.